The van der Waals surface area contributed by atoms with Crippen LogP contribution in [-0.2, 0) is 11.3 Å². The number of fused-ring (bicyclic) bond motifs is 1. The van der Waals surface area contributed by atoms with Gasteiger partial charge in [0.25, 0.3) is 0 Å². The van der Waals surface area contributed by atoms with Crippen molar-refractivity contribution in [1.82, 2.24) is 19.5 Å². The Morgan fingerprint density at radius 1 is 1.15 bits per heavy atom. The predicted molar refractivity (Wildman–Crippen MR) is 97.1 cm³/mol. The molecule has 0 radical (unpaired) electrons. The first-order valence-corrected chi connectivity index (χ1v) is 8.76. The van der Waals surface area contributed by atoms with Gasteiger partial charge in [0.1, 0.15) is 18.3 Å². The highest BCUT2D eigenvalue weighted by Crippen LogP contribution is 2.32. The van der Waals surface area contributed by atoms with Gasteiger partial charge in [-0.05, 0) is 17.2 Å². The third kappa shape index (κ3) is 3.35. The molecule has 0 spiro atoms. The van der Waals surface area contributed by atoms with Gasteiger partial charge in [0, 0.05) is 6.54 Å². The van der Waals surface area contributed by atoms with Gasteiger partial charge in [-0.25, -0.2) is 4.98 Å². The van der Waals surface area contributed by atoms with Crippen LogP contribution in [0.5, 0.6) is 0 Å². The third-order valence-corrected chi connectivity index (χ3v) is 4.66. The molecule has 10 heteroatoms. The van der Waals surface area contributed by atoms with Crippen molar-refractivity contribution in [3.63, 3.8) is 0 Å². The summed E-state index contributed by atoms with van der Waals surface area (Å²) in [5.41, 5.74) is 1.86. The second kappa shape index (κ2) is 7.37. The normalized spacial score (nSPS) is 25.2. The minimum Gasteiger partial charge on any atom is -0.394 e. The molecular weight excluding hydrogens is 374 g/mol. The maximum atomic E-state index is 10.3. The summed E-state index contributed by atoms with van der Waals surface area (Å²) in [5.74, 6) is 0.444. The van der Waals surface area contributed by atoms with Gasteiger partial charge in [0.2, 0.25) is 5.28 Å². The number of halogens is 1. The van der Waals surface area contributed by atoms with E-state index in [4.69, 9.17) is 16.3 Å². The van der Waals surface area contributed by atoms with E-state index in [1.807, 2.05) is 30.3 Å². The fourth-order valence-corrected chi connectivity index (χ4v) is 3.26. The Hall–Kier alpha value is -2.30. The molecule has 142 valence electrons. The molecule has 4 atom stereocenters. The van der Waals surface area contributed by atoms with Gasteiger partial charge in [-0.2, -0.15) is 9.97 Å². The average Bonchev–Trinajstić information content (AvgIpc) is 3.22. The summed E-state index contributed by atoms with van der Waals surface area (Å²) < 4.78 is 7.02. The van der Waals surface area contributed by atoms with E-state index in [0.29, 0.717) is 23.5 Å². The molecule has 0 aliphatic carbocycles. The van der Waals surface area contributed by atoms with Crippen LogP contribution in [0.25, 0.3) is 11.2 Å². The SMILES string of the molecule is OCC1O[C@@H](n2cnc3c(NCc4ccccc4)nc(Cl)nc32)[C@H](O)[C@H]1O. The summed E-state index contributed by atoms with van der Waals surface area (Å²) in [6, 6.07) is 9.77. The number of anilines is 1. The number of nitrogens with zero attached hydrogens (tertiary/aromatic N) is 4. The number of rotatable bonds is 5. The number of hydrogen-bond donors (Lipinski definition) is 4. The number of hydrogen-bond acceptors (Lipinski definition) is 8. The molecule has 1 aliphatic rings. The number of ether oxygens (including phenoxy) is 1. The number of imidazole rings is 1. The van der Waals surface area contributed by atoms with Crippen LogP contribution in [-0.4, -0.2) is 59.8 Å². The van der Waals surface area contributed by atoms with Gasteiger partial charge in [-0.15, -0.1) is 0 Å². The molecule has 0 saturated carbocycles. The lowest BCUT2D eigenvalue weighted by atomic mass is 10.1. The van der Waals surface area contributed by atoms with Crippen LogP contribution in [0.2, 0.25) is 5.28 Å². The molecule has 3 heterocycles. The topological polar surface area (TPSA) is 126 Å². The van der Waals surface area contributed by atoms with Crippen LogP contribution in [0.1, 0.15) is 11.8 Å². The zero-order chi connectivity index (χ0) is 19.0. The molecule has 3 aromatic rings. The molecule has 9 nitrogen and oxygen atoms in total. The Morgan fingerprint density at radius 3 is 2.63 bits per heavy atom. The van der Waals surface area contributed by atoms with Crippen LogP contribution >= 0.6 is 11.6 Å². The molecule has 1 saturated heterocycles. The first-order chi connectivity index (χ1) is 13.1. The lowest BCUT2D eigenvalue weighted by molar-refractivity contribution is -0.0511. The Kier molecular flexibility index (Phi) is 4.94. The van der Waals surface area contributed by atoms with Crippen molar-refractivity contribution < 1.29 is 20.1 Å². The van der Waals surface area contributed by atoms with Gasteiger partial charge in [-0.1, -0.05) is 30.3 Å². The van der Waals surface area contributed by atoms with Crippen LogP contribution in [0.3, 0.4) is 0 Å². The summed E-state index contributed by atoms with van der Waals surface area (Å²) in [6.45, 7) is 0.102. The summed E-state index contributed by atoms with van der Waals surface area (Å²) in [6.07, 6.45) is -2.87. The third-order valence-electron chi connectivity index (χ3n) is 4.49. The molecule has 1 aliphatic heterocycles. The number of aliphatic hydroxyl groups excluding tert-OH is 3. The molecule has 1 unspecified atom stereocenters. The molecular formula is C17H18ClN5O4. The van der Waals surface area contributed by atoms with Gasteiger partial charge in [0.15, 0.2) is 23.2 Å². The highest BCUT2D eigenvalue weighted by atomic mass is 35.5. The Morgan fingerprint density at radius 2 is 1.93 bits per heavy atom. The number of nitrogens with one attached hydrogen (secondary N) is 1. The minimum atomic E-state index is -1.24. The number of aromatic nitrogens is 4. The van der Waals surface area contributed by atoms with E-state index in [2.05, 4.69) is 20.3 Å². The molecule has 0 bridgehead atoms. The highest BCUT2D eigenvalue weighted by Gasteiger charge is 2.44. The molecule has 4 N–H and O–H groups in total. The second-order valence-corrected chi connectivity index (χ2v) is 6.57. The van der Waals surface area contributed by atoms with Crippen molar-refractivity contribution in [2.45, 2.75) is 31.1 Å². The van der Waals surface area contributed by atoms with Crippen LogP contribution in [0.15, 0.2) is 36.7 Å². The van der Waals surface area contributed by atoms with Gasteiger partial charge in [0.05, 0.1) is 12.9 Å². The van der Waals surface area contributed by atoms with Gasteiger partial charge in [-0.3, -0.25) is 4.57 Å². The van der Waals surface area contributed by atoms with Crippen molar-refractivity contribution in [1.29, 1.82) is 0 Å². The monoisotopic (exact) mass is 391 g/mol. The number of benzene rings is 1. The van der Waals surface area contributed by atoms with Crippen molar-refractivity contribution in [3.8, 4) is 0 Å². The van der Waals surface area contributed by atoms with E-state index in [0.717, 1.165) is 5.56 Å². The maximum Gasteiger partial charge on any atom is 0.226 e. The summed E-state index contributed by atoms with van der Waals surface area (Å²) in [5, 5.41) is 32.7. The summed E-state index contributed by atoms with van der Waals surface area (Å²) in [7, 11) is 0. The van der Waals surface area contributed by atoms with Crippen LogP contribution < -0.4 is 5.32 Å². The number of aliphatic hydroxyl groups is 3. The van der Waals surface area contributed by atoms with E-state index in [1.54, 1.807) is 0 Å². The van der Waals surface area contributed by atoms with E-state index >= 15 is 0 Å². The molecule has 2 aromatic heterocycles. The smallest absolute Gasteiger partial charge is 0.226 e. The molecule has 1 aromatic carbocycles. The van der Waals surface area contributed by atoms with E-state index < -0.39 is 31.1 Å². The fourth-order valence-electron chi connectivity index (χ4n) is 3.09. The standard InChI is InChI=1S/C17H18ClN5O4/c18-17-21-14(19-6-9-4-2-1-3-5-9)11-15(22-17)23(8-20-11)16-13(26)12(25)10(7-24)27-16/h1-5,8,10,12-13,16,24-26H,6-7H2,(H,19,21,22)/t10?,12-,13+,16+/m0/s1. The predicted octanol–water partition coefficient (Wildman–Crippen LogP) is 0.703. The van der Waals surface area contributed by atoms with E-state index in [9.17, 15) is 15.3 Å². The first kappa shape index (κ1) is 18.1. The minimum absolute atomic E-state index is 0.00607. The largest absolute Gasteiger partial charge is 0.394 e. The quantitative estimate of drug-likeness (QED) is 0.468. The van der Waals surface area contributed by atoms with E-state index in [1.165, 1.54) is 10.9 Å². The second-order valence-electron chi connectivity index (χ2n) is 6.23. The summed E-state index contributed by atoms with van der Waals surface area (Å²) in [4.78, 5) is 12.7. The van der Waals surface area contributed by atoms with Crippen LogP contribution in [0, 0.1) is 0 Å². The molecule has 0 amide bonds. The molecule has 4 rings (SSSR count). The van der Waals surface area contributed by atoms with Crippen LogP contribution in [0.4, 0.5) is 5.82 Å². The maximum absolute atomic E-state index is 10.3. The first-order valence-electron chi connectivity index (χ1n) is 8.39. The lowest BCUT2D eigenvalue weighted by Crippen LogP contribution is -2.33. The van der Waals surface area contributed by atoms with Crippen molar-refractivity contribution in [2.24, 2.45) is 0 Å². The van der Waals surface area contributed by atoms with E-state index in [-0.39, 0.29) is 5.28 Å². The lowest BCUT2D eigenvalue weighted by Gasteiger charge is -2.16. The Bertz CT molecular complexity index is 938. The Labute approximate surface area is 159 Å². The van der Waals surface area contributed by atoms with Crippen molar-refractivity contribution >= 4 is 28.6 Å². The zero-order valence-corrected chi connectivity index (χ0v) is 14.9. The zero-order valence-electron chi connectivity index (χ0n) is 14.1. The summed E-state index contributed by atoms with van der Waals surface area (Å²) >= 11 is 6.07. The van der Waals surface area contributed by atoms with Gasteiger partial charge >= 0.3 is 0 Å². The van der Waals surface area contributed by atoms with Crippen molar-refractivity contribution in [2.75, 3.05) is 11.9 Å². The fraction of sp³-hybridized carbons (Fsp3) is 0.353. The van der Waals surface area contributed by atoms with Crippen molar-refractivity contribution in [3.05, 3.63) is 47.5 Å². The highest BCUT2D eigenvalue weighted by molar-refractivity contribution is 6.28. The van der Waals surface area contributed by atoms with Gasteiger partial charge < -0.3 is 25.4 Å². The average molecular weight is 392 g/mol. The Balaban J connectivity index is 1.66. The molecule has 1 fully saturated rings. The molecule has 27 heavy (non-hydrogen) atoms.